The fourth-order valence-corrected chi connectivity index (χ4v) is 2.82. The van der Waals surface area contributed by atoms with Gasteiger partial charge in [-0.05, 0) is 36.1 Å². The van der Waals surface area contributed by atoms with Gasteiger partial charge < -0.3 is 14.5 Å². The third-order valence-electron chi connectivity index (χ3n) is 4.18. The molecule has 0 unspecified atom stereocenters. The summed E-state index contributed by atoms with van der Waals surface area (Å²) < 4.78 is 5.55. The van der Waals surface area contributed by atoms with Gasteiger partial charge in [-0.25, -0.2) is 0 Å². The third kappa shape index (κ3) is 5.76. The van der Waals surface area contributed by atoms with E-state index in [1.807, 2.05) is 34.1 Å². The van der Waals surface area contributed by atoms with Gasteiger partial charge in [-0.3, -0.25) is 9.59 Å². The molecule has 0 radical (unpaired) electrons. The van der Waals surface area contributed by atoms with E-state index in [4.69, 9.17) is 4.74 Å². The van der Waals surface area contributed by atoms with Crippen molar-refractivity contribution < 1.29 is 14.3 Å². The Morgan fingerprint density at radius 2 is 1.56 bits per heavy atom. The van der Waals surface area contributed by atoms with Crippen LogP contribution in [0.3, 0.4) is 0 Å². The molecule has 2 rings (SSSR count). The van der Waals surface area contributed by atoms with E-state index in [2.05, 4.69) is 27.7 Å². The summed E-state index contributed by atoms with van der Waals surface area (Å²) in [4.78, 5) is 28.6. The van der Waals surface area contributed by atoms with E-state index in [0.717, 1.165) is 12.2 Å². The third-order valence-corrected chi connectivity index (χ3v) is 4.18. The Morgan fingerprint density at radius 1 is 1.00 bits per heavy atom. The van der Waals surface area contributed by atoms with Crippen LogP contribution in [0.15, 0.2) is 24.3 Å². The zero-order chi connectivity index (χ0) is 18.4. The lowest BCUT2D eigenvalue weighted by atomic mass is 9.91. The number of piperazine rings is 1. The maximum atomic E-state index is 12.6. The summed E-state index contributed by atoms with van der Waals surface area (Å²) in [7, 11) is 0. The van der Waals surface area contributed by atoms with E-state index in [-0.39, 0.29) is 17.2 Å². The molecular weight excluding hydrogens is 316 g/mol. The maximum Gasteiger partial charge on any atom is 0.253 e. The monoisotopic (exact) mass is 346 g/mol. The van der Waals surface area contributed by atoms with Crippen molar-refractivity contribution in [2.24, 2.45) is 5.41 Å². The van der Waals surface area contributed by atoms with Crippen LogP contribution >= 0.6 is 0 Å². The van der Waals surface area contributed by atoms with Gasteiger partial charge in [0.1, 0.15) is 5.75 Å². The van der Waals surface area contributed by atoms with Gasteiger partial charge in [0.05, 0.1) is 6.61 Å². The van der Waals surface area contributed by atoms with Crippen LogP contribution in [0, 0.1) is 5.41 Å². The Labute approximate surface area is 150 Å². The Balaban J connectivity index is 1.87. The Hall–Kier alpha value is -2.04. The summed E-state index contributed by atoms with van der Waals surface area (Å²) in [6.07, 6.45) is 1.50. The standard InChI is InChI=1S/C20H30N2O3/c1-5-14-25-17-8-6-16(7-9-17)19(24)22-12-10-21(11-13-22)18(23)15-20(2,3)4/h6-9H,5,10-15H2,1-4H3. The minimum Gasteiger partial charge on any atom is -0.494 e. The van der Waals surface area contributed by atoms with Crippen molar-refractivity contribution in [1.29, 1.82) is 0 Å². The molecule has 1 aromatic carbocycles. The van der Waals surface area contributed by atoms with Gasteiger partial charge >= 0.3 is 0 Å². The molecule has 2 amide bonds. The fraction of sp³-hybridized carbons (Fsp3) is 0.600. The molecule has 1 saturated heterocycles. The van der Waals surface area contributed by atoms with Crippen molar-refractivity contribution in [3.05, 3.63) is 29.8 Å². The number of rotatable bonds is 5. The minimum atomic E-state index is -0.00830. The average Bonchev–Trinajstić information content (AvgIpc) is 2.58. The molecule has 0 atom stereocenters. The van der Waals surface area contributed by atoms with E-state index in [1.54, 1.807) is 0 Å². The zero-order valence-corrected chi connectivity index (χ0v) is 15.9. The van der Waals surface area contributed by atoms with E-state index in [0.29, 0.717) is 44.8 Å². The van der Waals surface area contributed by atoms with Gasteiger partial charge in [0, 0.05) is 38.2 Å². The highest BCUT2D eigenvalue weighted by Gasteiger charge is 2.27. The number of ether oxygens (including phenoxy) is 1. The molecule has 1 heterocycles. The van der Waals surface area contributed by atoms with Crippen molar-refractivity contribution in [3.8, 4) is 5.75 Å². The van der Waals surface area contributed by atoms with Crippen LogP contribution in [0.2, 0.25) is 0 Å². The highest BCUT2D eigenvalue weighted by Crippen LogP contribution is 2.21. The molecule has 0 bridgehead atoms. The Morgan fingerprint density at radius 3 is 2.08 bits per heavy atom. The first-order valence-electron chi connectivity index (χ1n) is 9.10. The molecule has 1 fully saturated rings. The largest absolute Gasteiger partial charge is 0.494 e. The summed E-state index contributed by atoms with van der Waals surface area (Å²) in [5.74, 6) is 0.984. The second kappa shape index (κ2) is 8.37. The average molecular weight is 346 g/mol. The van der Waals surface area contributed by atoms with E-state index < -0.39 is 0 Å². The lowest BCUT2D eigenvalue weighted by molar-refractivity contribution is -0.134. The fourth-order valence-electron chi connectivity index (χ4n) is 2.82. The van der Waals surface area contributed by atoms with Crippen LogP contribution in [-0.4, -0.2) is 54.4 Å². The van der Waals surface area contributed by atoms with Gasteiger partial charge in [0.25, 0.3) is 5.91 Å². The SMILES string of the molecule is CCCOc1ccc(C(=O)N2CCN(C(=O)CC(C)(C)C)CC2)cc1. The van der Waals surface area contributed by atoms with Crippen LogP contribution in [0.25, 0.3) is 0 Å². The summed E-state index contributed by atoms with van der Waals surface area (Å²) in [5.41, 5.74) is 0.657. The van der Waals surface area contributed by atoms with Gasteiger partial charge in [0.2, 0.25) is 5.91 Å². The van der Waals surface area contributed by atoms with E-state index in [1.165, 1.54) is 0 Å². The first-order chi connectivity index (χ1) is 11.8. The number of hydrogen-bond donors (Lipinski definition) is 0. The summed E-state index contributed by atoms with van der Waals surface area (Å²) in [6, 6.07) is 7.30. The van der Waals surface area contributed by atoms with Crippen LogP contribution in [-0.2, 0) is 4.79 Å². The van der Waals surface area contributed by atoms with Gasteiger partial charge in [0.15, 0.2) is 0 Å². The molecule has 0 saturated carbocycles. The quantitative estimate of drug-likeness (QED) is 0.823. The molecule has 5 heteroatoms. The molecule has 0 spiro atoms. The number of carbonyl (C=O) groups is 2. The van der Waals surface area contributed by atoms with Crippen LogP contribution in [0.5, 0.6) is 5.75 Å². The van der Waals surface area contributed by atoms with E-state index in [9.17, 15) is 9.59 Å². The second-order valence-corrected chi connectivity index (χ2v) is 7.78. The first kappa shape index (κ1) is 19.3. The summed E-state index contributed by atoms with van der Waals surface area (Å²) >= 11 is 0. The van der Waals surface area contributed by atoms with Crippen molar-refractivity contribution in [3.63, 3.8) is 0 Å². The normalized spacial score (nSPS) is 15.2. The number of hydrogen-bond acceptors (Lipinski definition) is 3. The van der Waals surface area contributed by atoms with Crippen molar-refractivity contribution in [2.45, 2.75) is 40.5 Å². The number of nitrogens with zero attached hydrogens (tertiary/aromatic N) is 2. The molecule has 1 aromatic rings. The Bertz CT molecular complexity index is 582. The molecular formula is C20H30N2O3. The molecule has 1 aliphatic rings. The lowest BCUT2D eigenvalue weighted by Crippen LogP contribution is -2.51. The lowest BCUT2D eigenvalue weighted by Gasteiger charge is -2.36. The first-order valence-corrected chi connectivity index (χ1v) is 9.10. The van der Waals surface area contributed by atoms with Gasteiger partial charge in [-0.1, -0.05) is 27.7 Å². The maximum absolute atomic E-state index is 12.6. The second-order valence-electron chi connectivity index (χ2n) is 7.78. The minimum absolute atomic E-state index is 0.00830. The molecule has 0 aliphatic carbocycles. The predicted octanol–water partition coefficient (Wildman–Crippen LogP) is 3.20. The summed E-state index contributed by atoms with van der Waals surface area (Å²) in [5, 5.41) is 0. The van der Waals surface area contributed by atoms with Gasteiger partial charge in [-0.2, -0.15) is 0 Å². The predicted molar refractivity (Wildman–Crippen MR) is 98.8 cm³/mol. The zero-order valence-electron chi connectivity index (χ0n) is 15.9. The van der Waals surface area contributed by atoms with Crippen molar-refractivity contribution in [1.82, 2.24) is 9.80 Å². The smallest absolute Gasteiger partial charge is 0.253 e. The molecule has 138 valence electrons. The highest BCUT2D eigenvalue weighted by atomic mass is 16.5. The molecule has 5 nitrogen and oxygen atoms in total. The number of carbonyl (C=O) groups excluding carboxylic acids is 2. The summed E-state index contributed by atoms with van der Waals surface area (Å²) in [6.45, 7) is 11.3. The van der Waals surface area contributed by atoms with Gasteiger partial charge in [-0.15, -0.1) is 0 Å². The van der Waals surface area contributed by atoms with Crippen LogP contribution < -0.4 is 4.74 Å². The highest BCUT2D eigenvalue weighted by molar-refractivity contribution is 5.94. The van der Waals surface area contributed by atoms with Crippen molar-refractivity contribution >= 4 is 11.8 Å². The molecule has 25 heavy (non-hydrogen) atoms. The number of benzene rings is 1. The molecule has 0 aromatic heterocycles. The van der Waals surface area contributed by atoms with Crippen LogP contribution in [0.1, 0.15) is 50.9 Å². The molecule has 0 N–H and O–H groups in total. The topological polar surface area (TPSA) is 49.9 Å². The van der Waals surface area contributed by atoms with E-state index >= 15 is 0 Å². The Kier molecular flexibility index (Phi) is 6.45. The number of amides is 2. The van der Waals surface area contributed by atoms with Crippen molar-refractivity contribution in [2.75, 3.05) is 32.8 Å². The molecule has 1 aliphatic heterocycles. The van der Waals surface area contributed by atoms with Crippen LogP contribution in [0.4, 0.5) is 0 Å².